The molecule has 0 spiro atoms. The molecular weight excluding hydrogens is 172 g/mol. The fraction of sp³-hybridized carbons (Fsp3) is 1.00. The molecule has 0 aromatic rings. The number of rotatable bonds is 2. The smallest absolute Gasteiger partial charge is 0.111 e. The van der Waals surface area contributed by atoms with Crippen molar-refractivity contribution in [1.82, 2.24) is 0 Å². The zero-order valence-electron chi connectivity index (χ0n) is 8.05. The summed E-state index contributed by atoms with van der Waals surface area (Å²) in [5, 5.41) is 28.3. The highest BCUT2D eigenvalue weighted by molar-refractivity contribution is 4.90. The molecule has 4 heteroatoms. The summed E-state index contributed by atoms with van der Waals surface area (Å²) in [6.45, 7) is 3.68. The van der Waals surface area contributed by atoms with Crippen LogP contribution in [-0.4, -0.2) is 45.8 Å². The lowest BCUT2D eigenvalue weighted by molar-refractivity contribution is -0.218. The SMILES string of the molecule is CCCC1OC(C)C(O)C(O)C1O. The van der Waals surface area contributed by atoms with Gasteiger partial charge >= 0.3 is 0 Å². The number of ether oxygens (including phenoxy) is 1. The maximum Gasteiger partial charge on any atom is 0.111 e. The summed E-state index contributed by atoms with van der Waals surface area (Å²) in [7, 11) is 0. The average Bonchev–Trinajstić information content (AvgIpc) is 2.11. The van der Waals surface area contributed by atoms with Gasteiger partial charge in [0.05, 0.1) is 12.2 Å². The highest BCUT2D eigenvalue weighted by Crippen LogP contribution is 2.23. The first-order chi connectivity index (χ1) is 6.07. The molecule has 0 aromatic heterocycles. The highest BCUT2D eigenvalue weighted by atomic mass is 16.5. The molecule has 1 aliphatic heterocycles. The molecule has 0 amide bonds. The zero-order chi connectivity index (χ0) is 10.0. The fourth-order valence-corrected chi connectivity index (χ4v) is 1.66. The van der Waals surface area contributed by atoms with E-state index in [2.05, 4.69) is 0 Å². The molecule has 0 saturated carbocycles. The standard InChI is InChI=1S/C9H18O4/c1-3-4-6-8(11)9(12)7(10)5(2)13-6/h5-12H,3-4H2,1-2H3. The van der Waals surface area contributed by atoms with Gasteiger partial charge in [-0.2, -0.15) is 0 Å². The largest absolute Gasteiger partial charge is 0.388 e. The summed E-state index contributed by atoms with van der Waals surface area (Å²) >= 11 is 0. The number of aliphatic hydroxyl groups excluding tert-OH is 3. The molecule has 1 rings (SSSR count). The first-order valence-electron chi connectivity index (χ1n) is 4.77. The van der Waals surface area contributed by atoms with E-state index in [1.165, 1.54) is 0 Å². The molecule has 1 aliphatic rings. The highest BCUT2D eigenvalue weighted by Gasteiger charge is 2.40. The Bertz CT molecular complexity index is 162. The van der Waals surface area contributed by atoms with Crippen LogP contribution in [0.15, 0.2) is 0 Å². The van der Waals surface area contributed by atoms with Crippen LogP contribution in [0.3, 0.4) is 0 Å². The van der Waals surface area contributed by atoms with Gasteiger partial charge in [0, 0.05) is 0 Å². The van der Waals surface area contributed by atoms with Gasteiger partial charge in [0.15, 0.2) is 0 Å². The third-order valence-corrected chi connectivity index (χ3v) is 2.52. The minimum atomic E-state index is -1.08. The number of hydrogen-bond acceptors (Lipinski definition) is 4. The van der Waals surface area contributed by atoms with Crippen LogP contribution in [0.1, 0.15) is 26.7 Å². The first-order valence-corrected chi connectivity index (χ1v) is 4.77. The summed E-state index contributed by atoms with van der Waals surface area (Å²) < 4.78 is 5.36. The van der Waals surface area contributed by atoms with Gasteiger partial charge in [-0.05, 0) is 13.3 Å². The van der Waals surface area contributed by atoms with Gasteiger partial charge in [-0.15, -0.1) is 0 Å². The van der Waals surface area contributed by atoms with Gasteiger partial charge in [-0.3, -0.25) is 0 Å². The quantitative estimate of drug-likeness (QED) is 0.557. The van der Waals surface area contributed by atoms with Crippen LogP contribution in [0.2, 0.25) is 0 Å². The summed E-state index contributed by atoms with van der Waals surface area (Å²) in [6, 6.07) is 0. The lowest BCUT2D eigenvalue weighted by Crippen LogP contribution is -2.56. The van der Waals surface area contributed by atoms with E-state index < -0.39 is 24.4 Å². The molecule has 13 heavy (non-hydrogen) atoms. The molecule has 1 heterocycles. The molecule has 3 N–H and O–H groups in total. The van der Waals surface area contributed by atoms with Gasteiger partial charge in [0.25, 0.3) is 0 Å². The Morgan fingerprint density at radius 3 is 2.23 bits per heavy atom. The number of aliphatic hydroxyl groups is 3. The van der Waals surface area contributed by atoms with Crippen molar-refractivity contribution in [3.8, 4) is 0 Å². The molecule has 1 fully saturated rings. The Hall–Kier alpha value is -0.160. The predicted octanol–water partition coefficient (Wildman–Crippen LogP) is -0.344. The normalized spacial score (nSPS) is 46.4. The fourth-order valence-electron chi connectivity index (χ4n) is 1.66. The number of hydrogen-bond donors (Lipinski definition) is 3. The van der Waals surface area contributed by atoms with Gasteiger partial charge in [0.1, 0.15) is 18.3 Å². The van der Waals surface area contributed by atoms with Gasteiger partial charge < -0.3 is 20.1 Å². The Morgan fingerprint density at radius 2 is 1.69 bits per heavy atom. The van der Waals surface area contributed by atoms with E-state index in [9.17, 15) is 15.3 Å². The molecule has 0 bridgehead atoms. The van der Waals surface area contributed by atoms with Crippen molar-refractivity contribution in [2.75, 3.05) is 0 Å². The molecule has 78 valence electrons. The lowest BCUT2D eigenvalue weighted by Gasteiger charge is -2.39. The summed E-state index contributed by atoms with van der Waals surface area (Å²) in [5.74, 6) is 0. The first kappa shape index (κ1) is 10.9. The van der Waals surface area contributed by atoms with Crippen LogP contribution in [0.4, 0.5) is 0 Å². The van der Waals surface area contributed by atoms with Gasteiger partial charge in [-0.1, -0.05) is 13.3 Å². The second-order valence-electron chi connectivity index (χ2n) is 3.64. The molecule has 5 atom stereocenters. The third kappa shape index (κ3) is 2.20. The minimum Gasteiger partial charge on any atom is -0.388 e. The van der Waals surface area contributed by atoms with Crippen molar-refractivity contribution in [2.24, 2.45) is 0 Å². The zero-order valence-corrected chi connectivity index (χ0v) is 8.05. The molecule has 1 saturated heterocycles. The molecular formula is C9H18O4. The minimum absolute atomic E-state index is 0.349. The van der Waals surface area contributed by atoms with E-state index in [0.717, 1.165) is 6.42 Å². The monoisotopic (exact) mass is 190 g/mol. The van der Waals surface area contributed by atoms with Crippen molar-refractivity contribution < 1.29 is 20.1 Å². The van der Waals surface area contributed by atoms with Gasteiger partial charge in [0.2, 0.25) is 0 Å². The van der Waals surface area contributed by atoms with Crippen LogP contribution >= 0.6 is 0 Å². The van der Waals surface area contributed by atoms with E-state index in [1.807, 2.05) is 6.92 Å². The Morgan fingerprint density at radius 1 is 1.08 bits per heavy atom. The maximum absolute atomic E-state index is 9.52. The Balaban J connectivity index is 2.59. The van der Waals surface area contributed by atoms with Crippen LogP contribution in [-0.2, 0) is 4.74 Å². The maximum atomic E-state index is 9.52. The summed E-state index contributed by atoms with van der Waals surface area (Å²) in [6.07, 6.45) is -2.20. The predicted molar refractivity (Wildman–Crippen MR) is 47.3 cm³/mol. The van der Waals surface area contributed by atoms with E-state index in [1.54, 1.807) is 6.92 Å². The van der Waals surface area contributed by atoms with Crippen LogP contribution in [0, 0.1) is 0 Å². The van der Waals surface area contributed by atoms with Crippen molar-refractivity contribution in [2.45, 2.75) is 57.2 Å². The summed E-state index contributed by atoms with van der Waals surface area (Å²) in [5.41, 5.74) is 0. The van der Waals surface area contributed by atoms with Crippen molar-refractivity contribution in [1.29, 1.82) is 0 Å². The van der Waals surface area contributed by atoms with Crippen molar-refractivity contribution in [3.05, 3.63) is 0 Å². The second-order valence-corrected chi connectivity index (χ2v) is 3.64. The molecule has 5 unspecified atom stereocenters. The summed E-state index contributed by atoms with van der Waals surface area (Å²) in [4.78, 5) is 0. The van der Waals surface area contributed by atoms with E-state index >= 15 is 0 Å². The van der Waals surface area contributed by atoms with Crippen molar-refractivity contribution >= 4 is 0 Å². The van der Waals surface area contributed by atoms with Crippen LogP contribution in [0.25, 0.3) is 0 Å². The molecule has 0 radical (unpaired) electrons. The van der Waals surface area contributed by atoms with Crippen molar-refractivity contribution in [3.63, 3.8) is 0 Å². The lowest BCUT2D eigenvalue weighted by atomic mass is 9.93. The molecule has 0 aliphatic carbocycles. The molecule has 4 nitrogen and oxygen atoms in total. The Kier molecular flexibility index (Phi) is 3.67. The Labute approximate surface area is 78.1 Å². The van der Waals surface area contributed by atoms with E-state index in [-0.39, 0.29) is 6.10 Å². The van der Waals surface area contributed by atoms with E-state index in [0.29, 0.717) is 6.42 Å². The van der Waals surface area contributed by atoms with Gasteiger partial charge in [-0.25, -0.2) is 0 Å². The average molecular weight is 190 g/mol. The van der Waals surface area contributed by atoms with E-state index in [4.69, 9.17) is 4.74 Å². The topological polar surface area (TPSA) is 69.9 Å². The third-order valence-electron chi connectivity index (χ3n) is 2.52. The van der Waals surface area contributed by atoms with Crippen LogP contribution in [0.5, 0.6) is 0 Å². The van der Waals surface area contributed by atoms with Crippen LogP contribution < -0.4 is 0 Å². The second kappa shape index (κ2) is 4.37. The molecule has 0 aromatic carbocycles.